The zero-order valence-electron chi connectivity index (χ0n) is 18.7. The standard InChI is InChI=1S/C25H24IN3O5/c1-17-7-10-19(11-8-17)28-24(30)15-34-22-12-9-18(13-23(22)32-2)14-27-29-25(31)16-33-21-6-4-3-5-20(21)26/h3-14H,15-16H2,1-2H3,(H,28,30)(H,29,31)/b27-14-. The lowest BCUT2D eigenvalue weighted by Gasteiger charge is -2.11. The molecule has 3 rings (SSSR count). The number of hydrogen-bond acceptors (Lipinski definition) is 6. The first-order chi connectivity index (χ1) is 16.4. The molecule has 2 amide bonds. The highest BCUT2D eigenvalue weighted by Crippen LogP contribution is 2.27. The van der Waals surface area contributed by atoms with Gasteiger partial charge in [0.05, 0.1) is 16.9 Å². The van der Waals surface area contributed by atoms with E-state index in [2.05, 4.69) is 38.4 Å². The molecule has 9 heteroatoms. The van der Waals surface area contributed by atoms with Gasteiger partial charge in [0.1, 0.15) is 5.75 Å². The molecule has 2 N–H and O–H groups in total. The fraction of sp³-hybridized carbons (Fsp3) is 0.160. The number of nitrogens with one attached hydrogen (secondary N) is 2. The van der Waals surface area contributed by atoms with Gasteiger partial charge in [-0.3, -0.25) is 9.59 Å². The second-order valence-electron chi connectivity index (χ2n) is 7.13. The van der Waals surface area contributed by atoms with Crippen molar-refractivity contribution in [1.82, 2.24) is 5.43 Å². The number of anilines is 1. The molecule has 0 saturated heterocycles. The molecule has 0 atom stereocenters. The molecule has 0 aliphatic heterocycles. The summed E-state index contributed by atoms with van der Waals surface area (Å²) in [5.41, 5.74) is 4.90. The molecule has 0 fully saturated rings. The SMILES string of the molecule is COc1cc(/C=N\NC(=O)COc2ccccc2I)ccc1OCC(=O)Nc1ccc(C)cc1. The summed E-state index contributed by atoms with van der Waals surface area (Å²) < 4.78 is 17.3. The summed E-state index contributed by atoms with van der Waals surface area (Å²) in [6.07, 6.45) is 1.47. The number of carbonyl (C=O) groups is 2. The molecule has 8 nitrogen and oxygen atoms in total. The topological polar surface area (TPSA) is 98.2 Å². The highest BCUT2D eigenvalue weighted by atomic mass is 127. The molecular weight excluding hydrogens is 549 g/mol. The minimum absolute atomic E-state index is 0.155. The van der Waals surface area contributed by atoms with Gasteiger partial charge in [-0.25, -0.2) is 5.43 Å². The molecule has 3 aromatic carbocycles. The number of hydrogen-bond donors (Lipinski definition) is 2. The van der Waals surface area contributed by atoms with Crippen LogP contribution in [0.4, 0.5) is 5.69 Å². The number of nitrogens with zero attached hydrogens (tertiary/aromatic N) is 1. The van der Waals surface area contributed by atoms with Crippen LogP contribution in [0, 0.1) is 10.5 Å². The first-order valence-corrected chi connectivity index (χ1v) is 11.4. The molecule has 0 aliphatic carbocycles. The van der Waals surface area contributed by atoms with Crippen LogP contribution in [-0.4, -0.2) is 38.4 Å². The fourth-order valence-electron chi connectivity index (χ4n) is 2.78. The Balaban J connectivity index is 1.49. The van der Waals surface area contributed by atoms with Crippen molar-refractivity contribution >= 4 is 46.3 Å². The Morgan fingerprint density at radius 3 is 2.35 bits per heavy atom. The Morgan fingerprint density at radius 2 is 1.62 bits per heavy atom. The van der Waals surface area contributed by atoms with Crippen molar-refractivity contribution in [2.75, 3.05) is 25.6 Å². The first-order valence-electron chi connectivity index (χ1n) is 10.3. The smallest absolute Gasteiger partial charge is 0.277 e. The van der Waals surface area contributed by atoms with Gasteiger partial charge in [0.15, 0.2) is 24.7 Å². The Labute approximate surface area is 211 Å². The minimum atomic E-state index is -0.387. The molecule has 0 radical (unpaired) electrons. The van der Waals surface area contributed by atoms with Gasteiger partial charge in [-0.2, -0.15) is 5.10 Å². The number of hydrazone groups is 1. The van der Waals surface area contributed by atoms with Crippen molar-refractivity contribution in [2.45, 2.75) is 6.92 Å². The summed E-state index contributed by atoms with van der Waals surface area (Å²) in [4.78, 5) is 24.1. The van der Waals surface area contributed by atoms with Crippen LogP contribution in [-0.2, 0) is 9.59 Å². The van der Waals surface area contributed by atoms with E-state index in [9.17, 15) is 9.59 Å². The molecule has 0 spiro atoms. The lowest BCUT2D eigenvalue weighted by atomic mass is 10.2. The van der Waals surface area contributed by atoms with Crippen LogP contribution in [0.3, 0.4) is 0 Å². The number of carbonyl (C=O) groups excluding carboxylic acids is 2. The number of amides is 2. The van der Waals surface area contributed by atoms with Gasteiger partial charge in [0.25, 0.3) is 11.8 Å². The van der Waals surface area contributed by atoms with E-state index < -0.39 is 0 Å². The third-order valence-corrected chi connectivity index (χ3v) is 5.37. The Kier molecular flexibility index (Phi) is 9.27. The minimum Gasteiger partial charge on any atom is -0.493 e. The number of ether oxygens (including phenoxy) is 3. The van der Waals surface area contributed by atoms with Gasteiger partial charge in [0, 0.05) is 5.69 Å². The largest absolute Gasteiger partial charge is 0.493 e. The molecular formula is C25H24IN3O5. The van der Waals surface area contributed by atoms with E-state index in [4.69, 9.17) is 14.2 Å². The van der Waals surface area contributed by atoms with E-state index in [0.29, 0.717) is 28.5 Å². The van der Waals surface area contributed by atoms with Crippen LogP contribution < -0.4 is 25.0 Å². The average molecular weight is 573 g/mol. The highest BCUT2D eigenvalue weighted by molar-refractivity contribution is 14.1. The third kappa shape index (κ3) is 7.77. The molecule has 0 heterocycles. The van der Waals surface area contributed by atoms with Crippen LogP contribution in [0.1, 0.15) is 11.1 Å². The normalized spacial score (nSPS) is 10.6. The first kappa shape index (κ1) is 25.0. The van der Waals surface area contributed by atoms with Crippen LogP contribution in [0.25, 0.3) is 0 Å². The second kappa shape index (κ2) is 12.6. The van der Waals surface area contributed by atoms with Crippen LogP contribution in [0.15, 0.2) is 71.8 Å². The molecule has 0 unspecified atom stereocenters. The van der Waals surface area contributed by atoms with Crippen molar-refractivity contribution in [2.24, 2.45) is 5.10 Å². The Morgan fingerprint density at radius 1 is 0.912 bits per heavy atom. The molecule has 0 aliphatic rings. The maximum absolute atomic E-state index is 12.2. The van der Waals surface area contributed by atoms with Crippen LogP contribution in [0.2, 0.25) is 0 Å². The average Bonchev–Trinajstić information content (AvgIpc) is 2.84. The zero-order chi connectivity index (χ0) is 24.3. The number of methoxy groups -OCH3 is 1. The van der Waals surface area contributed by atoms with E-state index in [1.807, 2.05) is 49.4 Å². The maximum Gasteiger partial charge on any atom is 0.277 e. The number of para-hydroxylation sites is 1. The lowest BCUT2D eigenvalue weighted by molar-refractivity contribution is -0.123. The molecule has 3 aromatic rings. The van der Waals surface area contributed by atoms with E-state index >= 15 is 0 Å². The van der Waals surface area contributed by atoms with Crippen molar-refractivity contribution in [3.8, 4) is 17.2 Å². The Bertz CT molecular complexity index is 1170. The summed E-state index contributed by atoms with van der Waals surface area (Å²) >= 11 is 2.14. The number of halogens is 1. The predicted octanol–water partition coefficient (Wildman–Crippen LogP) is 4.15. The van der Waals surface area contributed by atoms with E-state index in [1.165, 1.54) is 13.3 Å². The van der Waals surface area contributed by atoms with E-state index in [0.717, 1.165) is 9.13 Å². The molecule has 0 bridgehead atoms. The summed E-state index contributed by atoms with van der Waals surface area (Å²) in [6, 6.07) is 20.0. The Hall–Kier alpha value is -3.60. The van der Waals surface area contributed by atoms with Gasteiger partial charge in [-0.15, -0.1) is 0 Å². The summed E-state index contributed by atoms with van der Waals surface area (Å²) in [5.74, 6) is 0.804. The third-order valence-electron chi connectivity index (χ3n) is 4.48. The van der Waals surface area contributed by atoms with Gasteiger partial charge < -0.3 is 19.5 Å². The van der Waals surface area contributed by atoms with E-state index in [1.54, 1.807) is 24.3 Å². The summed E-state index contributed by atoms with van der Waals surface area (Å²) in [7, 11) is 1.50. The summed E-state index contributed by atoms with van der Waals surface area (Å²) in [5, 5.41) is 6.72. The van der Waals surface area contributed by atoms with Crippen molar-refractivity contribution in [3.05, 3.63) is 81.4 Å². The quantitative estimate of drug-likeness (QED) is 0.216. The number of rotatable bonds is 10. The highest BCUT2D eigenvalue weighted by Gasteiger charge is 2.09. The van der Waals surface area contributed by atoms with Crippen molar-refractivity contribution in [3.63, 3.8) is 0 Å². The van der Waals surface area contributed by atoms with Gasteiger partial charge >= 0.3 is 0 Å². The fourth-order valence-corrected chi connectivity index (χ4v) is 3.32. The van der Waals surface area contributed by atoms with Gasteiger partial charge in [0.2, 0.25) is 0 Å². The second-order valence-corrected chi connectivity index (χ2v) is 8.29. The van der Waals surface area contributed by atoms with Gasteiger partial charge in [-0.05, 0) is 77.5 Å². The maximum atomic E-state index is 12.2. The van der Waals surface area contributed by atoms with Crippen LogP contribution in [0.5, 0.6) is 17.2 Å². The number of benzene rings is 3. The molecule has 0 saturated carbocycles. The molecule has 0 aromatic heterocycles. The lowest BCUT2D eigenvalue weighted by Crippen LogP contribution is -2.24. The molecule has 176 valence electrons. The number of aryl methyl sites for hydroxylation is 1. The predicted molar refractivity (Wildman–Crippen MR) is 139 cm³/mol. The molecule has 34 heavy (non-hydrogen) atoms. The van der Waals surface area contributed by atoms with E-state index in [-0.39, 0.29) is 25.0 Å². The zero-order valence-corrected chi connectivity index (χ0v) is 20.9. The summed E-state index contributed by atoms with van der Waals surface area (Å²) in [6.45, 7) is 1.65. The van der Waals surface area contributed by atoms with Crippen LogP contribution >= 0.6 is 22.6 Å². The monoisotopic (exact) mass is 573 g/mol. The van der Waals surface area contributed by atoms with Gasteiger partial charge in [-0.1, -0.05) is 29.8 Å². The van der Waals surface area contributed by atoms with Crippen molar-refractivity contribution < 1.29 is 23.8 Å². The van der Waals surface area contributed by atoms with Crippen molar-refractivity contribution in [1.29, 1.82) is 0 Å².